The summed E-state index contributed by atoms with van der Waals surface area (Å²) in [7, 11) is 1.39. The summed E-state index contributed by atoms with van der Waals surface area (Å²) in [6.45, 7) is 4.21. The van der Waals surface area contributed by atoms with Crippen LogP contribution in [0.1, 0.15) is 58.8 Å². The Bertz CT molecular complexity index is 180. The number of rotatable bonds is 9. The number of unbranched alkanes of at least 4 members (excludes halogenated alkanes) is 3. The van der Waals surface area contributed by atoms with E-state index < -0.39 is 6.10 Å². The van der Waals surface area contributed by atoms with Crippen molar-refractivity contribution in [2.75, 3.05) is 7.11 Å². The van der Waals surface area contributed by atoms with Crippen LogP contribution in [0, 0.1) is 5.92 Å². The highest BCUT2D eigenvalue weighted by Crippen LogP contribution is 2.19. The second-order valence-electron chi connectivity index (χ2n) is 4.34. The molecule has 2 unspecified atom stereocenters. The lowest BCUT2D eigenvalue weighted by atomic mass is 9.92. The largest absolute Gasteiger partial charge is 0.469 e. The molecule has 0 aliphatic rings. The topological polar surface area (TPSA) is 46.5 Å². The molecule has 0 aliphatic heterocycles. The Morgan fingerprint density at radius 3 is 2.25 bits per heavy atom. The van der Waals surface area contributed by atoms with Crippen LogP contribution in [0.5, 0.6) is 0 Å². The number of hydrogen-bond donors (Lipinski definition) is 1. The Morgan fingerprint density at radius 1 is 1.12 bits per heavy atom. The van der Waals surface area contributed by atoms with E-state index in [2.05, 4.69) is 13.8 Å². The number of ether oxygens (including phenoxy) is 1. The van der Waals surface area contributed by atoms with Gasteiger partial charge in [0.1, 0.15) is 0 Å². The zero-order chi connectivity index (χ0) is 12.4. The number of esters is 1. The van der Waals surface area contributed by atoms with Crippen LogP contribution in [0.4, 0.5) is 0 Å². The Labute approximate surface area is 99.2 Å². The maximum absolute atomic E-state index is 11.5. The van der Waals surface area contributed by atoms with Crippen LogP contribution in [0.2, 0.25) is 0 Å². The van der Waals surface area contributed by atoms with E-state index in [9.17, 15) is 9.90 Å². The van der Waals surface area contributed by atoms with E-state index in [1.54, 1.807) is 0 Å². The third-order valence-corrected chi connectivity index (χ3v) is 2.94. The number of methoxy groups -OCH3 is 1. The second kappa shape index (κ2) is 9.64. The second-order valence-corrected chi connectivity index (χ2v) is 4.34. The Kier molecular flexibility index (Phi) is 9.30. The van der Waals surface area contributed by atoms with E-state index in [4.69, 9.17) is 4.74 Å². The highest BCUT2D eigenvalue weighted by atomic mass is 16.5. The number of carbonyl (C=O) groups excluding carboxylic acids is 1. The molecule has 1 N–H and O–H groups in total. The molecule has 2 atom stereocenters. The quantitative estimate of drug-likeness (QED) is 0.489. The van der Waals surface area contributed by atoms with Crippen LogP contribution in [0.3, 0.4) is 0 Å². The maximum atomic E-state index is 11.5. The van der Waals surface area contributed by atoms with E-state index in [1.807, 2.05) is 0 Å². The van der Waals surface area contributed by atoms with Crippen molar-refractivity contribution in [1.82, 2.24) is 0 Å². The highest BCUT2D eigenvalue weighted by molar-refractivity contribution is 5.72. The van der Waals surface area contributed by atoms with Gasteiger partial charge in [0.2, 0.25) is 0 Å². The Hall–Kier alpha value is -0.570. The lowest BCUT2D eigenvalue weighted by Gasteiger charge is -2.20. The van der Waals surface area contributed by atoms with Crippen molar-refractivity contribution in [1.29, 1.82) is 0 Å². The molecule has 0 aromatic carbocycles. The summed E-state index contributed by atoms with van der Waals surface area (Å²) in [5.74, 6) is -0.598. The molecule has 0 saturated carbocycles. The van der Waals surface area contributed by atoms with Gasteiger partial charge >= 0.3 is 5.97 Å². The summed E-state index contributed by atoms with van der Waals surface area (Å²) in [4.78, 5) is 11.5. The summed E-state index contributed by atoms with van der Waals surface area (Å²) in [5, 5.41) is 9.96. The van der Waals surface area contributed by atoms with E-state index in [0.717, 1.165) is 38.5 Å². The van der Waals surface area contributed by atoms with Crippen molar-refractivity contribution >= 4 is 5.97 Å². The predicted molar refractivity (Wildman–Crippen MR) is 65.2 cm³/mol. The van der Waals surface area contributed by atoms with Crippen molar-refractivity contribution in [3.8, 4) is 0 Å². The molecule has 0 bridgehead atoms. The van der Waals surface area contributed by atoms with Crippen LogP contribution in [-0.2, 0) is 9.53 Å². The molecule has 0 rings (SSSR count). The van der Waals surface area contributed by atoms with Crippen LogP contribution in [0.15, 0.2) is 0 Å². The highest BCUT2D eigenvalue weighted by Gasteiger charge is 2.26. The van der Waals surface area contributed by atoms with Crippen molar-refractivity contribution in [3.05, 3.63) is 0 Å². The maximum Gasteiger partial charge on any atom is 0.311 e. The first kappa shape index (κ1) is 15.4. The van der Waals surface area contributed by atoms with Crippen molar-refractivity contribution in [3.63, 3.8) is 0 Å². The van der Waals surface area contributed by atoms with Gasteiger partial charge in [-0.05, 0) is 12.8 Å². The normalized spacial score (nSPS) is 14.5. The minimum Gasteiger partial charge on any atom is -0.469 e. The minimum atomic E-state index is -0.537. The van der Waals surface area contributed by atoms with E-state index in [1.165, 1.54) is 7.11 Å². The standard InChI is InChI=1S/C13H26O3/c1-4-6-8-10-12(14)11(9-7-5-2)13(15)16-3/h11-12,14H,4-10H2,1-3H3. The van der Waals surface area contributed by atoms with E-state index >= 15 is 0 Å². The van der Waals surface area contributed by atoms with Crippen LogP contribution < -0.4 is 0 Å². The van der Waals surface area contributed by atoms with Gasteiger partial charge in [-0.15, -0.1) is 0 Å². The summed E-state index contributed by atoms with van der Waals surface area (Å²) in [6.07, 6.45) is 6.12. The number of carbonyl (C=O) groups is 1. The van der Waals surface area contributed by atoms with E-state index in [-0.39, 0.29) is 11.9 Å². The molecule has 0 spiro atoms. The van der Waals surface area contributed by atoms with Gasteiger partial charge in [-0.2, -0.15) is 0 Å². The molecule has 0 aromatic heterocycles. The monoisotopic (exact) mass is 230 g/mol. The zero-order valence-electron chi connectivity index (χ0n) is 10.9. The molecule has 0 saturated heterocycles. The molecule has 0 fully saturated rings. The van der Waals surface area contributed by atoms with Gasteiger partial charge in [-0.3, -0.25) is 4.79 Å². The predicted octanol–water partition coefficient (Wildman–Crippen LogP) is 2.91. The first-order valence-electron chi connectivity index (χ1n) is 6.43. The Balaban J connectivity index is 4.09. The van der Waals surface area contributed by atoms with Gasteiger partial charge in [0.25, 0.3) is 0 Å². The first-order chi connectivity index (χ1) is 7.67. The van der Waals surface area contributed by atoms with Crippen molar-refractivity contribution < 1.29 is 14.6 Å². The average Bonchev–Trinajstić information content (AvgIpc) is 2.29. The van der Waals surface area contributed by atoms with Gasteiger partial charge in [0.05, 0.1) is 19.1 Å². The molecule has 0 amide bonds. The molecule has 0 heterocycles. The number of aliphatic hydroxyl groups is 1. The third-order valence-electron chi connectivity index (χ3n) is 2.94. The molecule has 3 nitrogen and oxygen atoms in total. The van der Waals surface area contributed by atoms with Crippen LogP contribution in [-0.4, -0.2) is 24.3 Å². The van der Waals surface area contributed by atoms with Gasteiger partial charge in [0.15, 0.2) is 0 Å². The summed E-state index contributed by atoms with van der Waals surface area (Å²) in [5.41, 5.74) is 0. The zero-order valence-corrected chi connectivity index (χ0v) is 10.9. The lowest BCUT2D eigenvalue weighted by molar-refractivity contribution is -0.150. The summed E-state index contributed by atoms with van der Waals surface area (Å²) in [6, 6.07) is 0. The van der Waals surface area contributed by atoms with Crippen LogP contribution >= 0.6 is 0 Å². The first-order valence-corrected chi connectivity index (χ1v) is 6.43. The van der Waals surface area contributed by atoms with Crippen molar-refractivity contribution in [2.45, 2.75) is 64.9 Å². The SMILES string of the molecule is CCCCCC(O)C(CCCC)C(=O)OC. The number of aliphatic hydroxyl groups excluding tert-OH is 1. The molecular formula is C13H26O3. The van der Waals surface area contributed by atoms with Gasteiger partial charge in [-0.1, -0.05) is 46.0 Å². The van der Waals surface area contributed by atoms with Gasteiger partial charge < -0.3 is 9.84 Å². The smallest absolute Gasteiger partial charge is 0.311 e. The lowest BCUT2D eigenvalue weighted by Crippen LogP contribution is -2.29. The summed E-state index contributed by atoms with van der Waals surface area (Å²) < 4.78 is 4.74. The van der Waals surface area contributed by atoms with Crippen LogP contribution in [0.25, 0.3) is 0 Å². The third kappa shape index (κ3) is 6.11. The molecule has 0 aliphatic carbocycles. The fraction of sp³-hybridized carbons (Fsp3) is 0.923. The van der Waals surface area contributed by atoms with E-state index in [0.29, 0.717) is 6.42 Å². The molecule has 3 heteroatoms. The molecular weight excluding hydrogens is 204 g/mol. The fourth-order valence-corrected chi connectivity index (χ4v) is 1.85. The molecule has 0 aromatic rings. The summed E-state index contributed by atoms with van der Waals surface area (Å²) >= 11 is 0. The average molecular weight is 230 g/mol. The molecule has 16 heavy (non-hydrogen) atoms. The minimum absolute atomic E-state index is 0.266. The Morgan fingerprint density at radius 2 is 1.75 bits per heavy atom. The number of hydrogen-bond acceptors (Lipinski definition) is 3. The molecule has 0 radical (unpaired) electrons. The van der Waals surface area contributed by atoms with Gasteiger partial charge in [0, 0.05) is 0 Å². The van der Waals surface area contributed by atoms with Crippen molar-refractivity contribution in [2.24, 2.45) is 5.92 Å². The molecule has 96 valence electrons. The fourth-order valence-electron chi connectivity index (χ4n) is 1.85. The van der Waals surface area contributed by atoms with Gasteiger partial charge in [-0.25, -0.2) is 0 Å².